The van der Waals surface area contributed by atoms with E-state index in [-0.39, 0.29) is 22.8 Å². The molecule has 3 rings (SSSR count). The minimum absolute atomic E-state index is 0.0352. The fourth-order valence-corrected chi connectivity index (χ4v) is 3.80. The van der Waals surface area contributed by atoms with E-state index in [1.807, 2.05) is 4.90 Å². The van der Waals surface area contributed by atoms with Crippen molar-refractivity contribution in [2.75, 3.05) is 26.2 Å². The summed E-state index contributed by atoms with van der Waals surface area (Å²) in [5, 5.41) is 0. The molecule has 2 aliphatic heterocycles. The Kier molecular flexibility index (Phi) is 4.51. The van der Waals surface area contributed by atoms with Crippen LogP contribution in [0, 0.1) is 5.41 Å². The fourth-order valence-electron chi connectivity index (χ4n) is 3.80. The van der Waals surface area contributed by atoms with E-state index in [0.717, 1.165) is 31.4 Å². The van der Waals surface area contributed by atoms with Crippen LogP contribution in [-0.4, -0.2) is 47.8 Å². The topological polar surface area (TPSA) is 40.6 Å². The molecule has 0 aliphatic carbocycles. The molecule has 1 aromatic carbocycles. The van der Waals surface area contributed by atoms with Gasteiger partial charge < -0.3 is 9.80 Å². The van der Waals surface area contributed by atoms with Crippen LogP contribution in [0.15, 0.2) is 24.3 Å². The zero-order valence-electron chi connectivity index (χ0n) is 14.1. The van der Waals surface area contributed by atoms with Gasteiger partial charge in [-0.1, -0.05) is 0 Å². The molecular formula is C18H21F3N2O2. The van der Waals surface area contributed by atoms with Crippen molar-refractivity contribution < 1.29 is 22.8 Å². The molecule has 136 valence electrons. The first-order valence-electron chi connectivity index (χ1n) is 8.42. The van der Waals surface area contributed by atoms with Crippen LogP contribution >= 0.6 is 0 Å². The largest absolute Gasteiger partial charge is 0.416 e. The summed E-state index contributed by atoms with van der Waals surface area (Å²) < 4.78 is 37.9. The molecule has 0 aromatic heterocycles. The van der Waals surface area contributed by atoms with Gasteiger partial charge in [-0.25, -0.2) is 0 Å². The predicted molar refractivity (Wildman–Crippen MR) is 85.9 cm³/mol. The van der Waals surface area contributed by atoms with Gasteiger partial charge >= 0.3 is 6.18 Å². The molecule has 2 fully saturated rings. The number of carbonyl (C=O) groups excluding carboxylic acids is 2. The highest BCUT2D eigenvalue weighted by molar-refractivity contribution is 5.94. The van der Waals surface area contributed by atoms with E-state index in [1.54, 1.807) is 11.8 Å². The number of halogens is 3. The standard InChI is InChI=1S/C18H21F3N2O2/c1-13(24)22-9-6-17(7-10-22)8-11-23(12-17)16(25)14-2-4-15(5-3-14)18(19,20)21/h2-5H,6-12H2,1H3. The molecule has 0 N–H and O–H groups in total. The molecule has 0 radical (unpaired) electrons. The van der Waals surface area contributed by atoms with Crippen LogP contribution in [0.25, 0.3) is 0 Å². The number of rotatable bonds is 1. The van der Waals surface area contributed by atoms with Crippen molar-refractivity contribution in [3.8, 4) is 0 Å². The molecule has 2 amide bonds. The highest BCUT2D eigenvalue weighted by atomic mass is 19.4. The molecule has 0 saturated carbocycles. The number of piperidine rings is 1. The van der Waals surface area contributed by atoms with Gasteiger partial charge in [-0.3, -0.25) is 9.59 Å². The summed E-state index contributed by atoms with van der Waals surface area (Å²) >= 11 is 0. The average Bonchev–Trinajstić information content (AvgIpc) is 2.97. The number of hydrogen-bond donors (Lipinski definition) is 0. The van der Waals surface area contributed by atoms with Gasteiger partial charge in [-0.05, 0) is 48.9 Å². The zero-order chi connectivity index (χ0) is 18.2. The van der Waals surface area contributed by atoms with Crippen molar-refractivity contribution in [1.82, 2.24) is 9.80 Å². The predicted octanol–water partition coefficient (Wildman–Crippen LogP) is 3.18. The lowest BCUT2D eigenvalue weighted by atomic mass is 9.78. The van der Waals surface area contributed by atoms with Gasteiger partial charge in [0, 0.05) is 38.7 Å². The molecule has 7 heteroatoms. The molecule has 2 aliphatic rings. The number of nitrogens with zero attached hydrogens (tertiary/aromatic N) is 2. The molecule has 2 heterocycles. The maximum atomic E-state index is 12.6. The van der Waals surface area contributed by atoms with Gasteiger partial charge in [0.15, 0.2) is 0 Å². The molecule has 0 unspecified atom stereocenters. The second kappa shape index (κ2) is 6.35. The number of hydrogen-bond acceptors (Lipinski definition) is 2. The molecule has 0 bridgehead atoms. The lowest BCUT2D eigenvalue weighted by molar-refractivity contribution is -0.137. The van der Waals surface area contributed by atoms with Crippen molar-refractivity contribution in [1.29, 1.82) is 0 Å². The average molecular weight is 354 g/mol. The van der Waals surface area contributed by atoms with Crippen molar-refractivity contribution in [3.05, 3.63) is 35.4 Å². The van der Waals surface area contributed by atoms with Crippen LogP contribution < -0.4 is 0 Å². The van der Waals surface area contributed by atoms with Gasteiger partial charge in [0.1, 0.15) is 0 Å². The number of amides is 2. The van der Waals surface area contributed by atoms with Crippen molar-refractivity contribution in [2.24, 2.45) is 5.41 Å². The quantitative estimate of drug-likeness (QED) is 0.777. The number of likely N-dealkylation sites (tertiary alicyclic amines) is 2. The Morgan fingerprint density at radius 3 is 1.96 bits per heavy atom. The first-order chi connectivity index (χ1) is 11.7. The number of alkyl halides is 3. The van der Waals surface area contributed by atoms with E-state index < -0.39 is 11.7 Å². The van der Waals surface area contributed by atoms with Crippen molar-refractivity contribution >= 4 is 11.8 Å². The Bertz CT molecular complexity index is 662. The van der Waals surface area contributed by atoms with E-state index in [0.29, 0.717) is 26.2 Å². The van der Waals surface area contributed by atoms with E-state index in [4.69, 9.17) is 0 Å². The summed E-state index contributed by atoms with van der Waals surface area (Å²) in [5.74, 6) is -0.148. The lowest BCUT2D eigenvalue weighted by Crippen LogP contribution is -2.43. The Hall–Kier alpha value is -2.05. The van der Waals surface area contributed by atoms with Gasteiger partial charge in [0.05, 0.1) is 5.56 Å². The van der Waals surface area contributed by atoms with E-state index >= 15 is 0 Å². The molecule has 1 spiro atoms. The molecule has 0 atom stereocenters. The third-order valence-corrected chi connectivity index (χ3v) is 5.45. The summed E-state index contributed by atoms with van der Waals surface area (Å²) in [7, 11) is 0. The minimum atomic E-state index is -4.40. The van der Waals surface area contributed by atoms with Crippen LogP contribution in [-0.2, 0) is 11.0 Å². The summed E-state index contributed by atoms with van der Waals surface area (Å²) in [5.41, 5.74) is -0.433. The van der Waals surface area contributed by atoms with Crippen LogP contribution in [0.1, 0.15) is 42.1 Å². The molecule has 2 saturated heterocycles. The number of carbonyl (C=O) groups is 2. The Morgan fingerprint density at radius 1 is 0.960 bits per heavy atom. The zero-order valence-corrected chi connectivity index (χ0v) is 14.1. The maximum Gasteiger partial charge on any atom is 0.416 e. The molecular weight excluding hydrogens is 333 g/mol. The molecule has 4 nitrogen and oxygen atoms in total. The third kappa shape index (κ3) is 3.65. The lowest BCUT2D eigenvalue weighted by Gasteiger charge is -2.38. The van der Waals surface area contributed by atoms with Crippen LogP contribution in [0.5, 0.6) is 0 Å². The highest BCUT2D eigenvalue weighted by Gasteiger charge is 2.42. The van der Waals surface area contributed by atoms with Gasteiger partial charge in [-0.2, -0.15) is 13.2 Å². The van der Waals surface area contributed by atoms with Crippen LogP contribution in [0.4, 0.5) is 13.2 Å². The third-order valence-electron chi connectivity index (χ3n) is 5.45. The minimum Gasteiger partial charge on any atom is -0.343 e. The first kappa shape index (κ1) is 17.8. The van der Waals surface area contributed by atoms with Crippen molar-refractivity contribution in [2.45, 2.75) is 32.4 Å². The first-order valence-corrected chi connectivity index (χ1v) is 8.42. The van der Waals surface area contributed by atoms with Gasteiger partial charge in [0.2, 0.25) is 5.91 Å². The Balaban J connectivity index is 1.64. The highest BCUT2D eigenvalue weighted by Crippen LogP contribution is 2.41. The van der Waals surface area contributed by atoms with Crippen molar-refractivity contribution in [3.63, 3.8) is 0 Å². The van der Waals surface area contributed by atoms with E-state index in [9.17, 15) is 22.8 Å². The van der Waals surface area contributed by atoms with E-state index in [2.05, 4.69) is 0 Å². The summed E-state index contributed by atoms with van der Waals surface area (Å²) in [6.45, 7) is 4.20. The summed E-state index contributed by atoms with van der Waals surface area (Å²) in [6, 6.07) is 4.39. The van der Waals surface area contributed by atoms with Crippen LogP contribution in [0.2, 0.25) is 0 Å². The summed E-state index contributed by atoms with van der Waals surface area (Å²) in [6.07, 6.45) is -1.79. The Labute approximate surface area is 144 Å². The smallest absolute Gasteiger partial charge is 0.343 e. The second-order valence-corrected chi connectivity index (χ2v) is 7.06. The normalized spacial score (nSPS) is 20.2. The maximum absolute atomic E-state index is 12.6. The SMILES string of the molecule is CC(=O)N1CCC2(CC1)CCN(C(=O)c1ccc(C(F)(F)F)cc1)C2. The van der Waals surface area contributed by atoms with Gasteiger partial charge in [0.25, 0.3) is 5.91 Å². The monoisotopic (exact) mass is 354 g/mol. The second-order valence-electron chi connectivity index (χ2n) is 7.06. The molecule has 25 heavy (non-hydrogen) atoms. The number of benzene rings is 1. The fraction of sp³-hybridized carbons (Fsp3) is 0.556. The van der Waals surface area contributed by atoms with Gasteiger partial charge in [-0.15, -0.1) is 0 Å². The van der Waals surface area contributed by atoms with Crippen LogP contribution in [0.3, 0.4) is 0 Å². The molecule has 1 aromatic rings. The van der Waals surface area contributed by atoms with E-state index in [1.165, 1.54) is 12.1 Å². The Morgan fingerprint density at radius 2 is 1.48 bits per heavy atom. The summed E-state index contributed by atoms with van der Waals surface area (Å²) in [4.78, 5) is 27.6.